The maximum atomic E-state index is 11.2. The van der Waals surface area contributed by atoms with Crippen molar-refractivity contribution in [1.82, 2.24) is 0 Å². The molecule has 102 valence electrons. The number of hydrogen-bond donors (Lipinski definition) is 2. The fraction of sp³-hybridized carbons (Fsp3) is 0.500. The van der Waals surface area contributed by atoms with Gasteiger partial charge in [0.05, 0.1) is 24.3 Å². The average Bonchev–Trinajstić information content (AvgIpc) is 2.87. The Labute approximate surface area is 112 Å². The van der Waals surface area contributed by atoms with Crippen LogP contribution in [0.4, 0.5) is 11.4 Å². The number of nitrogens with two attached hydrogens (primary N) is 1. The molecule has 3 rings (SSSR count). The van der Waals surface area contributed by atoms with Gasteiger partial charge >= 0.3 is 5.97 Å². The summed E-state index contributed by atoms with van der Waals surface area (Å²) in [5.41, 5.74) is 7.13. The highest BCUT2D eigenvalue weighted by Gasteiger charge is 2.36. The number of carbonyl (C=O) groups is 1. The fourth-order valence-corrected chi connectivity index (χ4v) is 3.15. The first-order valence-corrected chi connectivity index (χ1v) is 6.68. The number of fused-ring (bicyclic) bond motifs is 1. The second-order valence-electron chi connectivity index (χ2n) is 5.18. The molecule has 1 aromatic rings. The van der Waals surface area contributed by atoms with E-state index in [1.165, 1.54) is 6.42 Å². The molecule has 0 amide bonds. The van der Waals surface area contributed by atoms with Crippen molar-refractivity contribution in [3.63, 3.8) is 0 Å². The second kappa shape index (κ2) is 4.74. The molecule has 1 saturated carbocycles. The van der Waals surface area contributed by atoms with E-state index in [0.29, 0.717) is 24.4 Å². The Morgan fingerprint density at radius 1 is 1.42 bits per heavy atom. The van der Waals surface area contributed by atoms with E-state index in [2.05, 4.69) is 4.90 Å². The molecule has 5 nitrogen and oxygen atoms in total. The van der Waals surface area contributed by atoms with Crippen LogP contribution >= 0.6 is 0 Å². The molecule has 2 aliphatic rings. The zero-order chi connectivity index (χ0) is 13.4. The van der Waals surface area contributed by atoms with Gasteiger partial charge in [0.15, 0.2) is 0 Å². The molecule has 5 heteroatoms. The topological polar surface area (TPSA) is 75.8 Å². The van der Waals surface area contributed by atoms with Crippen LogP contribution in [-0.2, 0) is 4.74 Å². The predicted molar refractivity (Wildman–Crippen MR) is 72.5 cm³/mol. The molecule has 1 heterocycles. The number of morpholine rings is 1. The van der Waals surface area contributed by atoms with Gasteiger partial charge in [-0.05, 0) is 37.5 Å². The van der Waals surface area contributed by atoms with Gasteiger partial charge in [0, 0.05) is 17.9 Å². The molecule has 2 fully saturated rings. The summed E-state index contributed by atoms with van der Waals surface area (Å²) in [7, 11) is 0. The van der Waals surface area contributed by atoms with Gasteiger partial charge in [-0.25, -0.2) is 4.79 Å². The minimum Gasteiger partial charge on any atom is -0.478 e. The van der Waals surface area contributed by atoms with Crippen LogP contribution in [0.3, 0.4) is 0 Å². The van der Waals surface area contributed by atoms with Crippen molar-refractivity contribution < 1.29 is 14.6 Å². The molecule has 0 radical (unpaired) electrons. The highest BCUT2D eigenvalue weighted by atomic mass is 16.5. The first-order valence-electron chi connectivity index (χ1n) is 6.68. The lowest BCUT2D eigenvalue weighted by Gasteiger charge is -2.39. The van der Waals surface area contributed by atoms with Crippen LogP contribution in [0.2, 0.25) is 0 Å². The zero-order valence-corrected chi connectivity index (χ0v) is 10.7. The van der Waals surface area contributed by atoms with Crippen LogP contribution in [0.5, 0.6) is 0 Å². The highest BCUT2D eigenvalue weighted by Crippen LogP contribution is 2.34. The van der Waals surface area contributed by atoms with Crippen LogP contribution in [0.25, 0.3) is 0 Å². The van der Waals surface area contributed by atoms with Crippen LogP contribution in [0, 0.1) is 0 Å². The lowest BCUT2D eigenvalue weighted by atomic mass is 10.1. The minimum atomic E-state index is -0.976. The number of nitrogens with zero attached hydrogens (tertiary/aromatic N) is 1. The lowest BCUT2D eigenvalue weighted by Crippen LogP contribution is -2.48. The summed E-state index contributed by atoms with van der Waals surface area (Å²) >= 11 is 0. The van der Waals surface area contributed by atoms with Gasteiger partial charge in [0.1, 0.15) is 0 Å². The molecule has 1 saturated heterocycles. The Hall–Kier alpha value is -1.75. The standard InChI is InChI=1S/C14H18N2O3/c15-11-5-4-9(8-10(11)14(17)18)16-6-7-19-13-3-1-2-12(13)16/h4-5,8,12-13H,1-3,6-7,15H2,(H,17,18). The first-order chi connectivity index (χ1) is 9.16. The summed E-state index contributed by atoms with van der Waals surface area (Å²) in [6.45, 7) is 1.51. The average molecular weight is 262 g/mol. The normalized spacial score (nSPS) is 26.2. The summed E-state index contributed by atoms with van der Waals surface area (Å²) in [5.74, 6) is -0.976. The third-order valence-electron chi connectivity index (χ3n) is 4.08. The van der Waals surface area contributed by atoms with Crippen molar-refractivity contribution in [3.05, 3.63) is 23.8 Å². The Balaban J connectivity index is 1.93. The quantitative estimate of drug-likeness (QED) is 0.794. The van der Waals surface area contributed by atoms with Gasteiger partial charge in [-0.1, -0.05) is 0 Å². The number of ether oxygens (including phenoxy) is 1. The van der Waals surface area contributed by atoms with Crippen LogP contribution in [0.1, 0.15) is 29.6 Å². The molecule has 2 atom stereocenters. The SMILES string of the molecule is Nc1ccc(N2CCOC3CCCC32)cc1C(=O)O. The molecule has 0 aromatic heterocycles. The predicted octanol–water partition coefficient (Wildman–Crippen LogP) is 1.72. The fourth-order valence-electron chi connectivity index (χ4n) is 3.15. The van der Waals surface area contributed by atoms with Crippen LogP contribution in [0.15, 0.2) is 18.2 Å². The number of carboxylic acid groups (broad SMARTS) is 1. The summed E-state index contributed by atoms with van der Waals surface area (Å²) in [5, 5.41) is 9.15. The van der Waals surface area contributed by atoms with Crippen molar-refractivity contribution >= 4 is 17.3 Å². The molecule has 0 spiro atoms. The van der Waals surface area contributed by atoms with E-state index >= 15 is 0 Å². The number of rotatable bonds is 2. The number of nitrogen functional groups attached to an aromatic ring is 1. The molecular weight excluding hydrogens is 244 g/mol. The van der Waals surface area contributed by atoms with Gasteiger partial charge in [0.2, 0.25) is 0 Å². The van der Waals surface area contributed by atoms with Gasteiger partial charge in [-0.15, -0.1) is 0 Å². The Kier molecular flexibility index (Phi) is 3.06. The summed E-state index contributed by atoms with van der Waals surface area (Å²) < 4.78 is 5.77. The Bertz CT molecular complexity index is 503. The van der Waals surface area contributed by atoms with E-state index in [4.69, 9.17) is 15.6 Å². The maximum absolute atomic E-state index is 11.2. The number of hydrogen-bond acceptors (Lipinski definition) is 4. The number of aromatic carboxylic acids is 1. The summed E-state index contributed by atoms with van der Waals surface area (Å²) in [6, 6.07) is 5.64. The van der Waals surface area contributed by atoms with Crippen LogP contribution < -0.4 is 10.6 Å². The Morgan fingerprint density at radius 3 is 3.05 bits per heavy atom. The number of benzene rings is 1. The van der Waals surface area contributed by atoms with E-state index < -0.39 is 5.97 Å². The molecule has 2 unspecified atom stereocenters. The van der Waals surface area contributed by atoms with Gasteiger partial charge in [0.25, 0.3) is 0 Å². The molecular formula is C14H18N2O3. The van der Waals surface area contributed by atoms with Gasteiger partial charge < -0.3 is 20.5 Å². The monoisotopic (exact) mass is 262 g/mol. The zero-order valence-electron chi connectivity index (χ0n) is 10.7. The summed E-state index contributed by atoms with van der Waals surface area (Å²) in [6.07, 6.45) is 3.67. The van der Waals surface area contributed by atoms with E-state index in [9.17, 15) is 4.79 Å². The van der Waals surface area contributed by atoms with Gasteiger partial charge in [-0.3, -0.25) is 0 Å². The molecule has 1 aliphatic heterocycles. The lowest BCUT2D eigenvalue weighted by molar-refractivity contribution is 0.0256. The maximum Gasteiger partial charge on any atom is 0.337 e. The van der Waals surface area contributed by atoms with E-state index in [1.807, 2.05) is 6.07 Å². The third kappa shape index (κ3) is 2.14. The molecule has 1 aromatic carbocycles. The molecule has 0 bridgehead atoms. The Morgan fingerprint density at radius 2 is 2.26 bits per heavy atom. The van der Waals surface area contributed by atoms with Crippen molar-refractivity contribution in [1.29, 1.82) is 0 Å². The summed E-state index contributed by atoms with van der Waals surface area (Å²) in [4.78, 5) is 13.4. The van der Waals surface area contributed by atoms with Crippen molar-refractivity contribution in [2.45, 2.75) is 31.4 Å². The second-order valence-corrected chi connectivity index (χ2v) is 5.18. The van der Waals surface area contributed by atoms with E-state index in [1.54, 1.807) is 12.1 Å². The largest absolute Gasteiger partial charge is 0.478 e. The first kappa shape index (κ1) is 12.3. The number of anilines is 2. The minimum absolute atomic E-state index is 0.179. The third-order valence-corrected chi connectivity index (χ3v) is 4.08. The van der Waals surface area contributed by atoms with E-state index in [0.717, 1.165) is 25.1 Å². The number of carboxylic acids is 1. The molecule has 1 aliphatic carbocycles. The smallest absolute Gasteiger partial charge is 0.337 e. The highest BCUT2D eigenvalue weighted by molar-refractivity contribution is 5.94. The molecule has 3 N–H and O–H groups in total. The van der Waals surface area contributed by atoms with Crippen molar-refractivity contribution in [2.24, 2.45) is 0 Å². The van der Waals surface area contributed by atoms with Crippen molar-refractivity contribution in [3.8, 4) is 0 Å². The van der Waals surface area contributed by atoms with Gasteiger partial charge in [-0.2, -0.15) is 0 Å². The van der Waals surface area contributed by atoms with Crippen molar-refractivity contribution in [2.75, 3.05) is 23.8 Å². The van der Waals surface area contributed by atoms with Crippen LogP contribution in [-0.4, -0.2) is 36.4 Å². The molecule has 19 heavy (non-hydrogen) atoms. The van der Waals surface area contributed by atoms with E-state index in [-0.39, 0.29) is 5.56 Å².